The zero-order valence-corrected chi connectivity index (χ0v) is 25.9. The first-order chi connectivity index (χ1) is 16.0. The van der Waals surface area contributed by atoms with Crippen LogP contribution in [0.3, 0.4) is 0 Å². The molecule has 1 saturated heterocycles. The van der Waals surface area contributed by atoms with Crippen LogP contribution in [0.1, 0.15) is 66.6 Å². The molecule has 0 aliphatic carbocycles. The molecule has 0 N–H and O–H groups in total. The first kappa shape index (κ1) is 30.6. The average Bonchev–Trinajstić information content (AvgIpc) is 2.75. The minimum Gasteiger partial charge on any atom is -0.464 e. The fraction of sp³-hybridized carbons (Fsp3) is 0.692. The first-order valence-electron chi connectivity index (χ1n) is 12.1. The van der Waals surface area contributed by atoms with Crippen molar-refractivity contribution in [3.63, 3.8) is 0 Å². The smallest absolute Gasteiger partial charge is 0.336 e. The largest absolute Gasteiger partial charge is 0.464 e. The van der Waals surface area contributed by atoms with Gasteiger partial charge < -0.3 is 13.9 Å². The molecule has 0 spiro atoms. The molecule has 5 nitrogen and oxygen atoms in total. The zero-order chi connectivity index (χ0) is 26.7. The molecule has 0 radical (unpaired) electrons. The van der Waals surface area contributed by atoms with Crippen LogP contribution < -0.4 is 0 Å². The Morgan fingerprint density at radius 1 is 1.06 bits per heavy atom. The van der Waals surface area contributed by atoms with Crippen molar-refractivity contribution in [2.24, 2.45) is 5.41 Å². The molecular formula is C26H41ClO5S2Si. The van der Waals surface area contributed by atoms with Crippen molar-refractivity contribution in [2.45, 2.75) is 89.3 Å². The second-order valence-corrected chi connectivity index (χ2v) is 19.5. The van der Waals surface area contributed by atoms with Gasteiger partial charge in [0.25, 0.3) is 0 Å². The summed E-state index contributed by atoms with van der Waals surface area (Å²) in [6.07, 6.45) is -0.591. The maximum Gasteiger partial charge on any atom is 0.336 e. The summed E-state index contributed by atoms with van der Waals surface area (Å²) in [5, 5.41) is 0.504. The lowest BCUT2D eigenvalue weighted by Crippen LogP contribution is -2.55. The third-order valence-corrected chi connectivity index (χ3v) is 14.5. The molecule has 1 aliphatic rings. The summed E-state index contributed by atoms with van der Waals surface area (Å²) in [6, 6.07) is 7.41. The van der Waals surface area contributed by atoms with Crippen LogP contribution in [0, 0.1) is 5.41 Å². The Balaban J connectivity index is 2.75. The number of hydrogen-bond donors (Lipinski definition) is 0. The lowest BCUT2D eigenvalue weighted by Gasteiger charge is -2.46. The molecule has 1 aromatic carbocycles. The van der Waals surface area contributed by atoms with Crippen LogP contribution in [0.25, 0.3) is 0 Å². The summed E-state index contributed by atoms with van der Waals surface area (Å²) in [6.45, 7) is 18.3. The molecule has 198 valence electrons. The zero-order valence-electron chi connectivity index (χ0n) is 22.5. The summed E-state index contributed by atoms with van der Waals surface area (Å²) >= 11 is 9.21. The molecule has 1 aromatic rings. The lowest BCUT2D eigenvalue weighted by molar-refractivity contribution is -0.169. The fourth-order valence-corrected chi connectivity index (χ4v) is 7.86. The van der Waals surface area contributed by atoms with Gasteiger partial charge in [-0.1, -0.05) is 44.5 Å². The Morgan fingerprint density at radius 2 is 1.60 bits per heavy atom. The summed E-state index contributed by atoms with van der Waals surface area (Å²) in [7, 11) is -2.37. The lowest BCUT2D eigenvalue weighted by atomic mass is 9.96. The van der Waals surface area contributed by atoms with E-state index >= 15 is 0 Å². The topological polar surface area (TPSA) is 61.8 Å². The van der Waals surface area contributed by atoms with Crippen molar-refractivity contribution in [3.05, 3.63) is 34.9 Å². The molecule has 1 fully saturated rings. The molecule has 2 atom stereocenters. The maximum atomic E-state index is 13.6. The van der Waals surface area contributed by atoms with Crippen molar-refractivity contribution in [1.82, 2.24) is 0 Å². The Bertz CT molecular complexity index is 871. The normalized spacial score (nSPS) is 18.5. The van der Waals surface area contributed by atoms with Crippen molar-refractivity contribution < 1.29 is 23.5 Å². The third kappa shape index (κ3) is 7.43. The number of carbonyl (C=O) groups is 2. The fourth-order valence-electron chi connectivity index (χ4n) is 3.26. The van der Waals surface area contributed by atoms with Gasteiger partial charge in [-0.25, -0.2) is 4.79 Å². The standard InChI is InChI=1S/C26H41ClO5S2Si/c1-10-30-23(29)26(33-16-11-17-34-26)21(31-22(28)24(2,3)4)20(18-12-14-19(27)15-13-18)32-35(8,9)25(5,6)7/h12-15,20-21H,10-11,16-17H2,1-9H3/t20-,21?/m1/s1. The Labute approximate surface area is 225 Å². The summed E-state index contributed by atoms with van der Waals surface area (Å²) in [4.78, 5) is 27.0. The van der Waals surface area contributed by atoms with E-state index in [1.165, 1.54) is 23.5 Å². The van der Waals surface area contributed by atoms with Crippen LogP contribution in [0.2, 0.25) is 23.2 Å². The second-order valence-electron chi connectivity index (χ2n) is 11.4. The minimum absolute atomic E-state index is 0.0970. The Hall–Kier alpha value is -0.673. The van der Waals surface area contributed by atoms with E-state index in [9.17, 15) is 9.59 Å². The van der Waals surface area contributed by atoms with Gasteiger partial charge in [-0.05, 0) is 81.4 Å². The number of carbonyl (C=O) groups excluding carboxylic acids is 2. The molecule has 2 rings (SSSR count). The second kappa shape index (κ2) is 11.8. The highest BCUT2D eigenvalue weighted by Crippen LogP contribution is 2.53. The van der Waals surface area contributed by atoms with Crippen LogP contribution in [-0.2, 0) is 23.5 Å². The van der Waals surface area contributed by atoms with E-state index in [0.717, 1.165) is 23.5 Å². The van der Waals surface area contributed by atoms with Gasteiger partial charge in [0.15, 0.2) is 18.5 Å². The molecule has 0 bridgehead atoms. The van der Waals surface area contributed by atoms with Gasteiger partial charge in [-0.3, -0.25) is 4.79 Å². The average molecular weight is 561 g/mol. The van der Waals surface area contributed by atoms with E-state index in [4.69, 9.17) is 25.5 Å². The SMILES string of the molecule is CCOC(=O)C1(C(OC(=O)C(C)(C)C)[C@H](O[Si](C)(C)C(C)(C)C)c2ccc(Cl)cc2)SCCCS1. The van der Waals surface area contributed by atoms with Crippen LogP contribution in [0.4, 0.5) is 0 Å². The molecule has 0 aromatic heterocycles. The van der Waals surface area contributed by atoms with Crippen molar-refractivity contribution in [3.8, 4) is 0 Å². The molecule has 0 saturated carbocycles. The van der Waals surface area contributed by atoms with E-state index < -0.39 is 30.0 Å². The number of benzene rings is 1. The van der Waals surface area contributed by atoms with Crippen LogP contribution in [-0.4, -0.2) is 48.6 Å². The first-order valence-corrected chi connectivity index (χ1v) is 17.4. The van der Waals surface area contributed by atoms with Gasteiger partial charge in [0.05, 0.1) is 12.0 Å². The Morgan fingerprint density at radius 3 is 2.06 bits per heavy atom. The summed E-state index contributed by atoms with van der Waals surface area (Å²) in [5.41, 5.74) is 0.0703. The van der Waals surface area contributed by atoms with Crippen molar-refractivity contribution >= 4 is 55.4 Å². The number of esters is 2. The Kier molecular flexibility index (Phi) is 10.3. The molecular weight excluding hydrogens is 520 g/mol. The van der Waals surface area contributed by atoms with Crippen LogP contribution in [0.5, 0.6) is 0 Å². The van der Waals surface area contributed by atoms with Crippen molar-refractivity contribution in [1.29, 1.82) is 0 Å². The van der Waals surface area contributed by atoms with E-state index in [-0.39, 0.29) is 23.6 Å². The van der Waals surface area contributed by atoms with Crippen LogP contribution in [0.15, 0.2) is 24.3 Å². The number of thioether (sulfide) groups is 2. The molecule has 1 heterocycles. The predicted octanol–water partition coefficient (Wildman–Crippen LogP) is 7.49. The molecule has 0 amide bonds. The minimum atomic E-state index is -2.37. The number of ether oxygens (including phenoxy) is 2. The van der Waals surface area contributed by atoms with E-state index in [1.54, 1.807) is 19.1 Å². The third-order valence-electron chi connectivity index (χ3n) is 6.40. The van der Waals surface area contributed by atoms with E-state index in [1.807, 2.05) is 32.9 Å². The molecule has 1 unspecified atom stereocenters. The number of halogens is 1. The maximum absolute atomic E-state index is 13.6. The highest BCUT2D eigenvalue weighted by molar-refractivity contribution is 8.20. The highest BCUT2D eigenvalue weighted by Gasteiger charge is 2.57. The molecule has 35 heavy (non-hydrogen) atoms. The quantitative estimate of drug-likeness (QED) is 0.241. The van der Waals surface area contributed by atoms with Gasteiger partial charge in [-0.2, -0.15) is 0 Å². The monoisotopic (exact) mass is 560 g/mol. The summed E-state index contributed by atoms with van der Waals surface area (Å²) < 4.78 is 17.8. The van der Waals surface area contributed by atoms with E-state index in [2.05, 4.69) is 33.9 Å². The number of hydrogen-bond acceptors (Lipinski definition) is 7. The van der Waals surface area contributed by atoms with Gasteiger partial charge in [-0.15, -0.1) is 23.5 Å². The van der Waals surface area contributed by atoms with Crippen molar-refractivity contribution in [2.75, 3.05) is 18.1 Å². The van der Waals surface area contributed by atoms with E-state index in [0.29, 0.717) is 5.02 Å². The van der Waals surface area contributed by atoms with Gasteiger partial charge >= 0.3 is 11.9 Å². The molecule has 9 heteroatoms. The number of rotatable bonds is 8. The molecule has 1 aliphatic heterocycles. The van der Waals surface area contributed by atoms with Crippen LogP contribution >= 0.6 is 35.1 Å². The highest BCUT2D eigenvalue weighted by atomic mass is 35.5. The van der Waals surface area contributed by atoms with Gasteiger partial charge in [0.1, 0.15) is 6.10 Å². The summed E-state index contributed by atoms with van der Waals surface area (Å²) in [5.74, 6) is 0.779. The van der Waals surface area contributed by atoms with Gasteiger partial charge in [0.2, 0.25) is 0 Å². The predicted molar refractivity (Wildman–Crippen MR) is 151 cm³/mol. The van der Waals surface area contributed by atoms with Gasteiger partial charge in [0, 0.05) is 5.02 Å².